The van der Waals surface area contributed by atoms with Gasteiger partial charge in [-0.3, -0.25) is 4.90 Å². The Balaban J connectivity index is 2.09. The molecule has 110 valence electrons. The number of carbonyl (C=O) groups is 1. The van der Waals surface area contributed by atoms with Crippen LogP contribution in [0.1, 0.15) is 12.5 Å². The fourth-order valence-corrected chi connectivity index (χ4v) is 2.63. The van der Waals surface area contributed by atoms with Crippen LogP contribution in [0.25, 0.3) is 0 Å². The Morgan fingerprint density at radius 1 is 1.20 bits per heavy atom. The Morgan fingerprint density at radius 3 is 2.25 bits per heavy atom. The van der Waals surface area contributed by atoms with Gasteiger partial charge in [-0.1, -0.05) is 37.3 Å². The maximum Gasteiger partial charge on any atom is 0.329 e. The first kappa shape index (κ1) is 15.0. The molecule has 1 heterocycles. The Kier molecular flexibility index (Phi) is 4.75. The van der Waals surface area contributed by atoms with Crippen molar-refractivity contribution in [1.29, 1.82) is 0 Å². The van der Waals surface area contributed by atoms with Crippen LogP contribution in [-0.4, -0.2) is 60.1 Å². The normalized spacial score (nSPS) is 20.5. The molecule has 1 aliphatic heterocycles. The van der Waals surface area contributed by atoms with Crippen LogP contribution in [0, 0.1) is 0 Å². The van der Waals surface area contributed by atoms with E-state index in [9.17, 15) is 9.90 Å². The zero-order chi connectivity index (χ0) is 14.6. The highest BCUT2D eigenvalue weighted by molar-refractivity contribution is 5.80. The molecule has 1 aromatic carbocycles. The summed E-state index contributed by atoms with van der Waals surface area (Å²) in [6, 6.07) is 9.10. The third-order valence-electron chi connectivity index (χ3n) is 4.06. The predicted octanol–water partition coefficient (Wildman–Crippen LogP) is 0.563. The van der Waals surface area contributed by atoms with Crippen LogP contribution in [0.5, 0.6) is 0 Å². The van der Waals surface area contributed by atoms with Crippen molar-refractivity contribution in [2.24, 2.45) is 5.73 Å². The molecule has 1 saturated heterocycles. The van der Waals surface area contributed by atoms with Gasteiger partial charge in [0, 0.05) is 32.7 Å². The van der Waals surface area contributed by atoms with Gasteiger partial charge in [-0.2, -0.15) is 0 Å². The molecule has 1 atom stereocenters. The Morgan fingerprint density at radius 2 is 1.75 bits per heavy atom. The van der Waals surface area contributed by atoms with Crippen molar-refractivity contribution in [3.05, 3.63) is 35.9 Å². The number of hydrogen-bond acceptors (Lipinski definition) is 4. The van der Waals surface area contributed by atoms with Crippen molar-refractivity contribution in [3.63, 3.8) is 0 Å². The van der Waals surface area contributed by atoms with Gasteiger partial charge in [0.25, 0.3) is 0 Å². The topological polar surface area (TPSA) is 69.8 Å². The Labute approximate surface area is 120 Å². The van der Waals surface area contributed by atoms with Crippen LogP contribution < -0.4 is 5.73 Å². The summed E-state index contributed by atoms with van der Waals surface area (Å²) >= 11 is 0. The molecule has 0 bridgehead atoms. The van der Waals surface area contributed by atoms with Crippen LogP contribution in [-0.2, 0) is 10.3 Å². The van der Waals surface area contributed by atoms with Crippen molar-refractivity contribution in [1.82, 2.24) is 9.80 Å². The summed E-state index contributed by atoms with van der Waals surface area (Å²) in [6.45, 7) is 7.22. The first-order valence-electron chi connectivity index (χ1n) is 7.09. The van der Waals surface area contributed by atoms with Crippen LogP contribution in [0.3, 0.4) is 0 Å². The molecule has 20 heavy (non-hydrogen) atoms. The number of nitrogens with two attached hydrogens (primary N) is 1. The Hall–Kier alpha value is -1.43. The van der Waals surface area contributed by atoms with Crippen molar-refractivity contribution in [3.8, 4) is 0 Å². The van der Waals surface area contributed by atoms with E-state index in [1.54, 1.807) is 12.1 Å². The second-order valence-electron chi connectivity index (χ2n) is 5.35. The van der Waals surface area contributed by atoms with Crippen molar-refractivity contribution in [2.75, 3.05) is 39.3 Å². The highest BCUT2D eigenvalue weighted by Crippen LogP contribution is 2.21. The maximum absolute atomic E-state index is 11.7. The molecule has 0 aliphatic carbocycles. The summed E-state index contributed by atoms with van der Waals surface area (Å²) in [5.74, 6) is -0.971. The molecule has 0 saturated carbocycles. The van der Waals surface area contributed by atoms with Crippen LogP contribution in [0.4, 0.5) is 0 Å². The average molecular weight is 277 g/mol. The molecular formula is C15H23N3O2. The molecule has 0 amide bonds. The van der Waals surface area contributed by atoms with Gasteiger partial charge in [0.15, 0.2) is 5.54 Å². The van der Waals surface area contributed by atoms with E-state index in [1.807, 2.05) is 18.2 Å². The number of carboxylic acid groups (broad SMARTS) is 1. The predicted molar refractivity (Wildman–Crippen MR) is 78.5 cm³/mol. The molecule has 1 unspecified atom stereocenters. The first-order chi connectivity index (χ1) is 9.56. The number of benzene rings is 1. The molecule has 2 rings (SSSR count). The highest BCUT2D eigenvalue weighted by atomic mass is 16.4. The first-order valence-corrected chi connectivity index (χ1v) is 7.09. The van der Waals surface area contributed by atoms with Gasteiger partial charge in [0.1, 0.15) is 0 Å². The molecule has 1 aliphatic rings. The fraction of sp³-hybridized carbons (Fsp3) is 0.533. The number of rotatable bonds is 5. The molecule has 1 aromatic rings. The van der Waals surface area contributed by atoms with Crippen LogP contribution in [0.15, 0.2) is 30.3 Å². The second-order valence-corrected chi connectivity index (χ2v) is 5.35. The van der Waals surface area contributed by atoms with Gasteiger partial charge in [-0.15, -0.1) is 0 Å². The zero-order valence-corrected chi connectivity index (χ0v) is 12.0. The SMILES string of the molecule is CCN1CCN(CC(N)(C(=O)O)c2ccccc2)CC1. The number of aliphatic carboxylic acids is 1. The lowest BCUT2D eigenvalue weighted by atomic mass is 9.90. The standard InChI is InChI=1S/C15H23N3O2/c1-2-17-8-10-18(11-9-17)12-15(16,14(19)20)13-6-4-3-5-7-13/h3-7H,2,8-12,16H2,1H3,(H,19,20). The van der Waals surface area contributed by atoms with Crippen molar-refractivity contribution >= 4 is 5.97 Å². The summed E-state index contributed by atoms with van der Waals surface area (Å²) in [7, 11) is 0. The monoisotopic (exact) mass is 277 g/mol. The molecule has 5 nitrogen and oxygen atoms in total. The van der Waals surface area contributed by atoms with E-state index in [1.165, 1.54) is 0 Å². The van der Waals surface area contributed by atoms with E-state index < -0.39 is 11.5 Å². The van der Waals surface area contributed by atoms with Crippen molar-refractivity contribution < 1.29 is 9.90 Å². The number of likely N-dealkylation sites (N-methyl/N-ethyl adjacent to an activating group) is 1. The molecule has 0 spiro atoms. The van der Waals surface area contributed by atoms with Crippen molar-refractivity contribution in [2.45, 2.75) is 12.5 Å². The highest BCUT2D eigenvalue weighted by Gasteiger charge is 2.38. The van der Waals surface area contributed by atoms with E-state index in [-0.39, 0.29) is 0 Å². The maximum atomic E-state index is 11.7. The molecule has 3 N–H and O–H groups in total. The lowest BCUT2D eigenvalue weighted by Gasteiger charge is -2.38. The largest absolute Gasteiger partial charge is 0.480 e. The summed E-state index contributed by atoms with van der Waals surface area (Å²) in [5.41, 5.74) is 5.53. The van der Waals surface area contributed by atoms with Gasteiger partial charge in [0.05, 0.1) is 0 Å². The van der Waals surface area contributed by atoms with Gasteiger partial charge in [-0.25, -0.2) is 4.79 Å². The number of nitrogens with zero attached hydrogens (tertiary/aromatic N) is 2. The van der Waals surface area contributed by atoms with E-state index >= 15 is 0 Å². The minimum Gasteiger partial charge on any atom is -0.480 e. The molecule has 5 heteroatoms. The number of hydrogen-bond donors (Lipinski definition) is 2. The summed E-state index contributed by atoms with van der Waals surface area (Å²) in [5, 5.41) is 9.55. The van der Waals surface area contributed by atoms with Gasteiger partial charge in [-0.05, 0) is 12.1 Å². The smallest absolute Gasteiger partial charge is 0.329 e. The lowest BCUT2D eigenvalue weighted by Crippen LogP contribution is -2.57. The summed E-state index contributed by atoms with van der Waals surface area (Å²) in [6.07, 6.45) is 0. The summed E-state index contributed by atoms with van der Waals surface area (Å²) in [4.78, 5) is 16.2. The van der Waals surface area contributed by atoms with E-state index in [2.05, 4.69) is 16.7 Å². The van der Waals surface area contributed by atoms with Crippen LogP contribution in [0.2, 0.25) is 0 Å². The summed E-state index contributed by atoms with van der Waals surface area (Å²) < 4.78 is 0. The lowest BCUT2D eigenvalue weighted by molar-refractivity contribution is -0.144. The van der Waals surface area contributed by atoms with E-state index in [4.69, 9.17) is 5.73 Å². The quantitative estimate of drug-likeness (QED) is 0.823. The second kappa shape index (κ2) is 6.35. The van der Waals surface area contributed by atoms with Gasteiger partial charge < -0.3 is 15.7 Å². The van der Waals surface area contributed by atoms with Crippen LogP contribution >= 0.6 is 0 Å². The number of piperazine rings is 1. The molecule has 1 fully saturated rings. The molecule has 0 radical (unpaired) electrons. The fourth-order valence-electron chi connectivity index (χ4n) is 2.63. The number of carboxylic acids is 1. The average Bonchev–Trinajstić information content (AvgIpc) is 2.48. The minimum atomic E-state index is -1.34. The Bertz CT molecular complexity index is 444. The third-order valence-corrected chi connectivity index (χ3v) is 4.06. The van der Waals surface area contributed by atoms with Gasteiger partial charge in [0.2, 0.25) is 0 Å². The van der Waals surface area contributed by atoms with E-state index in [0.717, 1.165) is 32.7 Å². The molecular weight excluding hydrogens is 254 g/mol. The minimum absolute atomic E-state index is 0.351. The van der Waals surface area contributed by atoms with E-state index in [0.29, 0.717) is 12.1 Å². The molecule has 0 aromatic heterocycles. The third kappa shape index (κ3) is 3.17. The van der Waals surface area contributed by atoms with Gasteiger partial charge >= 0.3 is 5.97 Å². The zero-order valence-electron chi connectivity index (χ0n) is 12.0.